The number of nitrogen functional groups attached to an aromatic ring is 1. The topological polar surface area (TPSA) is 72.1 Å². The number of carbonyl (C=O) groups excluding carboxylic acids is 1. The summed E-state index contributed by atoms with van der Waals surface area (Å²) in [6.45, 7) is 0. The summed E-state index contributed by atoms with van der Waals surface area (Å²) in [5.74, 6) is -2.02. The molecule has 0 bridgehead atoms. The zero-order chi connectivity index (χ0) is 16.1. The van der Waals surface area contributed by atoms with Crippen molar-refractivity contribution >= 4 is 39.9 Å². The lowest BCUT2D eigenvalue weighted by Gasteiger charge is -2.24. The van der Waals surface area contributed by atoms with Gasteiger partial charge in [-0.2, -0.15) is 0 Å². The Morgan fingerprint density at radius 2 is 2.05 bits per heavy atom. The summed E-state index contributed by atoms with van der Waals surface area (Å²) in [6, 6.07) is 2.50. The van der Waals surface area contributed by atoms with Crippen molar-refractivity contribution in [3.63, 3.8) is 0 Å². The molecule has 1 amide bonds. The van der Waals surface area contributed by atoms with Gasteiger partial charge in [-0.3, -0.25) is 4.79 Å². The molecule has 1 saturated carbocycles. The van der Waals surface area contributed by atoms with Crippen molar-refractivity contribution in [3.05, 3.63) is 23.5 Å². The van der Waals surface area contributed by atoms with Crippen molar-refractivity contribution in [2.24, 2.45) is 5.92 Å². The van der Waals surface area contributed by atoms with Crippen LogP contribution >= 0.6 is 11.6 Å². The minimum atomic E-state index is -4.84. The van der Waals surface area contributed by atoms with Gasteiger partial charge in [-0.15, -0.1) is 13.2 Å². The Kier molecular flexibility index (Phi) is 3.36. The van der Waals surface area contributed by atoms with E-state index < -0.39 is 23.9 Å². The molecule has 1 fully saturated rings. The average molecular weight is 331 g/mol. The molecule has 0 radical (unpaired) electrons. The van der Waals surface area contributed by atoms with Crippen LogP contribution in [0.4, 0.5) is 24.8 Å². The van der Waals surface area contributed by atoms with Crippen LogP contribution in [0.25, 0.3) is 10.8 Å². The molecule has 0 saturated heterocycles. The number of aromatic nitrogens is 2. The van der Waals surface area contributed by atoms with E-state index in [1.165, 1.54) is 6.07 Å². The summed E-state index contributed by atoms with van der Waals surface area (Å²) in [5.41, 5.74) is 5.65. The summed E-state index contributed by atoms with van der Waals surface area (Å²) in [6.07, 6.45) is -2.77. The van der Waals surface area contributed by atoms with Crippen molar-refractivity contribution in [1.29, 1.82) is 0 Å². The molecule has 9 heteroatoms. The van der Waals surface area contributed by atoms with Crippen LogP contribution < -0.4 is 10.6 Å². The SMILES string of the molecule is Nc1nc(Cl)cc2cc(N(C(=O)C3CC3)C(F)(F)F)ncc12. The number of anilines is 2. The summed E-state index contributed by atoms with van der Waals surface area (Å²) in [5, 5.41) is 0.753. The van der Waals surface area contributed by atoms with E-state index in [-0.39, 0.29) is 15.9 Å². The molecule has 5 nitrogen and oxygen atoms in total. The monoisotopic (exact) mass is 330 g/mol. The molecule has 1 aliphatic rings. The van der Waals surface area contributed by atoms with Crippen molar-refractivity contribution in [2.75, 3.05) is 10.6 Å². The number of nitrogens with two attached hydrogens (primary N) is 1. The van der Waals surface area contributed by atoms with E-state index in [0.29, 0.717) is 23.6 Å². The van der Waals surface area contributed by atoms with Gasteiger partial charge < -0.3 is 5.73 Å². The Balaban J connectivity index is 2.11. The summed E-state index contributed by atoms with van der Waals surface area (Å²) in [4.78, 5) is 19.2. The van der Waals surface area contributed by atoms with Crippen LogP contribution in [0.3, 0.4) is 0 Å². The molecular weight excluding hydrogens is 321 g/mol. The quantitative estimate of drug-likeness (QED) is 0.678. The second-order valence-corrected chi connectivity index (χ2v) is 5.40. The zero-order valence-corrected chi connectivity index (χ0v) is 11.8. The number of nitrogens with zero attached hydrogens (tertiary/aromatic N) is 3. The van der Waals surface area contributed by atoms with Gasteiger partial charge in [-0.25, -0.2) is 14.9 Å². The molecule has 116 valence electrons. The standard InChI is InChI=1S/C13H10ClF3N4O/c14-9-3-7-4-10(19-5-8(7)11(18)20-9)21(13(15,16)17)12(22)6-1-2-6/h3-6H,1-2H2,(H2,18,20). The van der Waals surface area contributed by atoms with Crippen molar-refractivity contribution in [1.82, 2.24) is 9.97 Å². The second-order valence-electron chi connectivity index (χ2n) is 5.01. The smallest absolute Gasteiger partial charge is 0.383 e. The van der Waals surface area contributed by atoms with E-state index in [4.69, 9.17) is 17.3 Å². The first kappa shape index (κ1) is 14.8. The van der Waals surface area contributed by atoms with Gasteiger partial charge in [0.05, 0.1) is 0 Å². The zero-order valence-electron chi connectivity index (χ0n) is 11.1. The highest BCUT2D eigenvalue weighted by molar-refractivity contribution is 6.30. The number of amides is 1. The van der Waals surface area contributed by atoms with E-state index in [0.717, 1.165) is 12.3 Å². The van der Waals surface area contributed by atoms with Gasteiger partial charge in [0.25, 0.3) is 0 Å². The molecule has 0 spiro atoms. The molecule has 0 aromatic carbocycles. The Morgan fingerprint density at radius 3 is 2.64 bits per heavy atom. The Hall–Kier alpha value is -2.09. The number of hydrogen-bond donors (Lipinski definition) is 1. The average Bonchev–Trinajstić information content (AvgIpc) is 3.20. The Bertz CT molecular complexity index is 761. The van der Waals surface area contributed by atoms with Crippen molar-refractivity contribution in [3.8, 4) is 0 Å². The highest BCUT2D eigenvalue weighted by atomic mass is 35.5. The third kappa shape index (κ3) is 2.66. The molecule has 0 aliphatic heterocycles. The maximum Gasteiger partial charge on any atom is 0.492 e. The lowest BCUT2D eigenvalue weighted by molar-refractivity contribution is -0.151. The summed E-state index contributed by atoms with van der Waals surface area (Å²) >= 11 is 5.75. The molecule has 2 aromatic heterocycles. The van der Waals surface area contributed by atoms with Gasteiger partial charge >= 0.3 is 6.30 Å². The van der Waals surface area contributed by atoms with E-state index in [1.54, 1.807) is 0 Å². The summed E-state index contributed by atoms with van der Waals surface area (Å²) < 4.78 is 39.6. The highest BCUT2D eigenvalue weighted by Gasteiger charge is 2.48. The van der Waals surface area contributed by atoms with Gasteiger partial charge in [0.1, 0.15) is 16.8 Å². The van der Waals surface area contributed by atoms with E-state index in [2.05, 4.69) is 9.97 Å². The van der Waals surface area contributed by atoms with Crippen LogP contribution in [0.5, 0.6) is 0 Å². The minimum Gasteiger partial charge on any atom is -0.383 e. The molecule has 0 atom stereocenters. The number of hydrogen-bond acceptors (Lipinski definition) is 4. The first-order valence-electron chi connectivity index (χ1n) is 6.40. The van der Waals surface area contributed by atoms with Crippen LogP contribution in [-0.4, -0.2) is 22.2 Å². The predicted octanol–water partition coefficient (Wildman–Crippen LogP) is 3.13. The van der Waals surface area contributed by atoms with Crippen molar-refractivity contribution < 1.29 is 18.0 Å². The third-order valence-corrected chi connectivity index (χ3v) is 3.52. The maximum atomic E-state index is 13.2. The first-order chi connectivity index (χ1) is 10.3. The van der Waals surface area contributed by atoms with E-state index in [1.807, 2.05) is 0 Å². The molecule has 2 heterocycles. The lowest BCUT2D eigenvalue weighted by atomic mass is 10.2. The molecule has 1 aliphatic carbocycles. The van der Waals surface area contributed by atoms with Crippen LogP contribution in [0.1, 0.15) is 12.8 Å². The van der Waals surface area contributed by atoms with Crippen LogP contribution in [0, 0.1) is 5.92 Å². The van der Waals surface area contributed by atoms with Gasteiger partial charge in [0.15, 0.2) is 0 Å². The minimum absolute atomic E-state index is 0.0502. The summed E-state index contributed by atoms with van der Waals surface area (Å²) in [7, 11) is 0. The third-order valence-electron chi connectivity index (χ3n) is 3.33. The van der Waals surface area contributed by atoms with Gasteiger partial charge in [0.2, 0.25) is 5.91 Å². The molecule has 3 rings (SSSR count). The lowest BCUT2D eigenvalue weighted by Crippen LogP contribution is -2.44. The first-order valence-corrected chi connectivity index (χ1v) is 6.78. The number of alkyl halides is 3. The predicted molar refractivity (Wildman–Crippen MR) is 75.2 cm³/mol. The van der Waals surface area contributed by atoms with Gasteiger partial charge in [-0.1, -0.05) is 11.6 Å². The normalized spacial score (nSPS) is 15.1. The second kappa shape index (κ2) is 4.98. The number of fused-ring (bicyclic) bond motifs is 1. The van der Waals surface area contributed by atoms with Gasteiger partial charge in [-0.05, 0) is 30.4 Å². The number of halogens is 4. The fourth-order valence-corrected chi connectivity index (χ4v) is 2.34. The van der Waals surface area contributed by atoms with Crippen LogP contribution in [0.2, 0.25) is 5.15 Å². The number of carbonyl (C=O) groups is 1. The molecule has 22 heavy (non-hydrogen) atoms. The number of pyridine rings is 2. The van der Waals surface area contributed by atoms with E-state index in [9.17, 15) is 18.0 Å². The van der Waals surface area contributed by atoms with Crippen LogP contribution in [-0.2, 0) is 4.79 Å². The highest BCUT2D eigenvalue weighted by Crippen LogP contribution is 2.38. The molecular formula is C13H10ClF3N4O. The van der Waals surface area contributed by atoms with Crippen molar-refractivity contribution in [2.45, 2.75) is 19.1 Å². The van der Waals surface area contributed by atoms with Gasteiger partial charge in [0, 0.05) is 17.5 Å². The molecule has 2 aromatic rings. The maximum absolute atomic E-state index is 13.2. The van der Waals surface area contributed by atoms with Crippen LogP contribution in [0.15, 0.2) is 18.3 Å². The largest absolute Gasteiger partial charge is 0.492 e. The van der Waals surface area contributed by atoms with E-state index >= 15 is 0 Å². The fraction of sp³-hybridized carbons (Fsp3) is 0.308. The Labute approximate surface area is 127 Å². The Morgan fingerprint density at radius 1 is 1.36 bits per heavy atom. The molecule has 0 unspecified atom stereocenters. The fourth-order valence-electron chi connectivity index (χ4n) is 2.13. The molecule has 2 N–H and O–H groups in total. The number of rotatable bonds is 2.